The van der Waals surface area contributed by atoms with Crippen molar-refractivity contribution in [3.05, 3.63) is 76.6 Å². The van der Waals surface area contributed by atoms with E-state index >= 15 is 0 Å². The molecule has 0 fully saturated rings. The lowest BCUT2D eigenvalue weighted by Crippen LogP contribution is -2.33. The summed E-state index contributed by atoms with van der Waals surface area (Å²) in [7, 11) is 0. The highest BCUT2D eigenvalue weighted by Gasteiger charge is 2.14. The van der Waals surface area contributed by atoms with E-state index in [4.69, 9.17) is 0 Å². The van der Waals surface area contributed by atoms with Crippen LogP contribution in [0.1, 0.15) is 32.7 Å². The molecule has 3 aromatic rings. The molecule has 1 aromatic heterocycles. The van der Waals surface area contributed by atoms with E-state index in [9.17, 15) is 9.59 Å². The first-order valence-corrected chi connectivity index (χ1v) is 9.02. The van der Waals surface area contributed by atoms with Gasteiger partial charge in [0.1, 0.15) is 0 Å². The van der Waals surface area contributed by atoms with Crippen molar-refractivity contribution in [3.8, 4) is 0 Å². The van der Waals surface area contributed by atoms with Crippen molar-refractivity contribution in [2.24, 2.45) is 0 Å². The first-order chi connectivity index (χ1) is 13.4. The fourth-order valence-corrected chi connectivity index (χ4v) is 3.06. The minimum absolute atomic E-state index is 0.142. The lowest BCUT2D eigenvalue weighted by atomic mass is 10.1. The monoisotopic (exact) mass is 377 g/mol. The van der Waals surface area contributed by atoms with Crippen LogP contribution in [0.15, 0.2) is 48.7 Å². The van der Waals surface area contributed by atoms with Crippen LogP contribution in [-0.4, -0.2) is 33.4 Å². The van der Waals surface area contributed by atoms with E-state index in [1.54, 1.807) is 10.9 Å². The molecule has 2 N–H and O–H groups in total. The Kier molecular flexibility index (Phi) is 5.84. The Labute approximate surface area is 163 Å². The second kappa shape index (κ2) is 8.47. The van der Waals surface area contributed by atoms with Crippen LogP contribution in [0.25, 0.3) is 0 Å². The van der Waals surface area contributed by atoms with Gasteiger partial charge in [0.15, 0.2) is 5.69 Å². The zero-order chi connectivity index (χ0) is 20.1. The molecule has 0 aliphatic heterocycles. The van der Waals surface area contributed by atoms with Gasteiger partial charge in [0, 0.05) is 5.69 Å². The average Bonchev–Trinajstić information content (AvgIpc) is 3.12. The quantitative estimate of drug-likeness (QED) is 0.691. The van der Waals surface area contributed by atoms with Crippen molar-refractivity contribution >= 4 is 17.5 Å². The van der Waals surface area contributed by atoms with Gasteiger partial charge in [0.2, 0.25) is 5.91 Å². The number of amides is 2. The van der Waals surface area contributed by atoms with Crippen LogP contribution < -0.4 is 10.6 Å². The molecule has 2 amide bonds. The second-order valence-corrected chi connectivity index (χ2v) is 6.79. The maximum absolute atomic E-state index is 12.2. The molecule has 3 rings (SSSR count). The van der Waals surface area contributed by atoms with Gasteiger partial charge >= 0.3 is 0 Å². The highest BCUT2D eigenvalue weighted by Crippen LogP contribution is 2.21. The number of carbonyl (C=O) groups is 2. The summed E-state index contributed by atoms with van der Waals surface area (Å²) in [6, 6.07) is 13.8. The van der Waals surface area contributed by atoms with Crippen molar-refractivity contribution in [2.45, 2.75) is 27.3 Å². The van der Waals surface area contributed by atoms with Crippen molar-refractivity contribution in [1.82, 2.24) is 20.3 Å². The molecule has 7 heteroatoms. The first kappa shape index (κ1) is 19.3. The van der Waals surface area contributed by atoms with Crippen LogP contribution >= 0.6 is 0 Å². The number of aryl methyl sites for hydroxylation is 3. The van der Waals surface area contributed by atoms with Gasteiger partial charge in [-0.2, -0.15) is 0 Å². The molecule has 0 saturated carbocycles. The molecule has 0 bridgehead atoms. The Morgan fingerprint density at radius 1 is 1.04 bits per heavy atom. The smallest absolute Gasteiger partial charge is 0.273 e. The predicted molar refractivity (Wildman–Crippen MR) is 107 cm³/mol. The molecule has 1 heterocycles. The van der Waals surface area contributed by atoms with Crippen molar-refractivity contribution in [2.75, 3.05) is 11.9 Å². The van der Waals surface area contributed by atoms with Crippen molar-refractivity contribution in [3.63, 3.8) is 0 Å². The minimum atomic E-state index is -0.438. The number of hydrogen-bond donors (Lipinski definition) is 2. The van der Waals surface area contributed by atoms with Crippen LogP contribution in [0.4, 0.5) is 5.69 Å². The number of benzene rings is 2. The molecule has 0 aliphatic rings. The zero-order valence-electron chi connectivity index (χ0n) is 16.2. The summed E-state index contributed by atoms with van der Waals surface area (Å²) in [5.41, 5.74) is 5.12. The number of anilines is 1. The molecule has 0 saturated heterocycles. The molecule has 2 aromatic carbocycles. The number of hydrogen-bond acceptors (Lipinski definition) is 4. The van der Waals surface area contributed by atoms with Gasteiger partial charge in [-0.3, -0.25) is 9.59 Å². The second-order valence-electron chi connectivity index (χ2n) is 6.79. The lowest BCUT2D eigenvalue weighted by Gasteiger charge is -2.13. The van der Waals surface area contributed by atoms with Gasteiger partial charge in [0.05, 0.1) is 19.3 Å². The van der Waals surface area contributed by atoms with E-state index in [1.165, 1.54) is 0 Å². The van der Waals surface area contributed by atoms with Gasteiger partial charge in [-0.25, -0.2) is 4.68 Å². The molecule has 144 valence electrons. The lowest BCUT2D eigenvalue weighted by molar-refractivity contribution is -0.115. The summed E-state index contributed by atoms with van der Waals surface area (Å²) < 4.78 is 1.59. The number of aromatic nitrogens is 3. The standard InChI is InChI=1S/C21H23N5O2/c1-14-9-15(2)20(16(3)10-14)23-19(27)11-22-21(28)18-13-26(25-24-18)12-17-7-5-4-6-8-17/h4-10,13H,11-12H2,1-3H3,(H,22,28)(H,23,27). The molecular weight excluding hydrogens is 354 g/mol. The largest absolute Gasteiger partial charge is 0.342 e. The van der Waals surface area contributed by atoms with Crippen LogP contribution in [-0.2, 0) is 11.3 Å². The zero-order valence-corrected chi connectivity index (χ0v) is 16.2. The molecular formula is C21H23N5O2. The Morgan fingerprint density at radius 2 is 1.71 bits per heavy atom. The molecule has 0 atom stereocenters. The van der Waals surface area contributed by atoms with Gasteiger partial charge < -0.3 is 10.6 Å². The molecule has 0 spiro atoms. The van der Waals surface area contributed by atoms with Crippen LogP contribution in [0.2, 0.25) is 0 Å². The molecule has 0 unspecified atom stereocenters. The third kappa shape index (κ3) is 4.82. The number of nitrogens with one attached hydrogen (secondary N) is 2. The fraction of sp³-hybridized carbons (Fsp3) is 0.238. The van der Waals surface area contributed by atoms with Crippen LogP contribution in [0, 0.1) is 20.8 Å². The molecule has 28 heavy (non-hydrogen) atoms. The van der Waals surface area contributed by atoms with E-state index in [-0.39, 0.29) is 18.1 Å². The van der Waals surface area contributed by atoms with Gasteiger partial charge in [0.25, 0.3) is 5.91 Å². The minimum Gasteiger partial charge on any atom is -0.342 e. The maximum atomic E-state index is 12.2. The summed E-state index contributed by atoms with van der Waals surface area (Å²) >= 11 is 0. The Bertz CT molecular complexity index is 972. The third-order valence-electron chi connectivity index (χ3n) is 4.31. The number of carbonyl (C=O) groups excluding carboxylic acids is 2. The number of nitrogens with zero attached hydrogens (tertiary/aromatic N) is 3. The fourth-order valence-electron chi connectivity index (χ4n) is 3.06. The highest BCUT2D eigenvalue weighted by atomic mass is 16.2. The highest BCUT2D eigenvalue weighted by molar-refractivity contribution is 5.98. The normalized spacial score (nSPS) is 10.5. The van der Waals surface area contributed by atoms with Crippen molar-refractivity contribution < 1.29 is 9.59 Å². The summed E-state index contributed by atoms with van der Waals surface area (Å²) in [4.78, 5) is 24.5. The Hall–Kier alpha value is -3.48. The van der Waals surface area contributed by atoms with E-state index in [0.717, 1.165) is 27.9 Å². The van der Waals surface area contributed by atoms with Crippen molar-refractivity contribution in [1.29, 1.82) is 0 Å². The van der Waals surface area contributed by atoms with Gasteiger partial charge in [-0.15, -0.1) is 5.10 Å². The van der Waals surface area contributed by atoms with Crippen LogP contribution in [0.3, 0.4) is 0 Å². The van der Waals surface area contributed by atoms with Gasteiger partial charge in [-0.05, 0) is 37.5 Å². The van der Waals surface area contributed by atoms with E-state index in [0.29, 0.717) is 6.54 Å². The summed E-state index contributed by atoms with van der Waals surface area (Å²) in [5, 5.41) is 13.3. The Morgan fingerprint density at radius 3 is 2.39 bits per heavy atom. The molecule has 7 nitrogen and oxygen atoms in total. The molecule has 0 radical (unpaired) electrons. The third-order valence-corrected chi connectivity index (χ3v) is 4.31. The average molecular weight is 377 g/mol. The summed E-state index contributed by atoms with van der Waals surface area (Å²) in [6.45, 7) is 6.28. The maximum Gasteiger partial charge on any atom is 0.273 e. The topological polar surface area (TPSA) is 88.9 Å². The summed E-state index contributed by atoms with van der Waals surface area (Å²) in [6.07, 6.45) is 1.56. The first-order valence-electron chi connectivity index (χ1n) is 9.02. The number of rotatable bonds is 6. The van der Waals surface area contributed by atoms with E-state index in [2.05, 4.69) is 20.9 Å². The van der Waals surface area contributed by atoms with Crippen LogP contribution in [0.5, 0.6) is 0 Å². The Balaban J connectivity index is 1.55. The molecule has 0 aliphatic carbocycles. The van der Waals surface area contributed by atoms with E-state index < -0.39 is 5.91 Å². The van der Waals surface area contributed by atoms with Gasteiger partial charge in [-0.1, -0.05) is 53.2 Å². The van der Waals surface area contributed by atoms with E-state index in [1.807, 2.05) is 63.2 Å². The summed E-state index contributed by atoms with van der Waals surface area (Å²) in [5.74, 6) is -0.730. The predicted octanol–water partition coefficient (Wildman–Crippen LogP) is 2.62. The SMILES string of the molecule is Cc1cc(C)c(NC(=O)CNC(=O)c2cn(Cc3ccccc3)nn2)c(C)c1.